The summed E-state index contributed by atoms with van der Waals surface area (Å²) in [6.07, 6.45) is -4.11. The van der Waals surface area contributed by atoms with Gasteiger partial charge in [-0.3, -0.25) is 4.79 Å². The summed E-state index contributed by atoms with van der Waals surface area (Å²) in [6.45, 7) is -3.57. The molecule has 1 heterocycles. The van der Waals surface area contributed by atoms with E-state index in [9.17, 15) is 9.90 Å². The molecular formula is C21H24N4O2S. The van der Waals surface area contributed by atoms with Crippen molar-refractivity contribution in [1.82, 2.24) is 10.3 Å². The molecule has 0 aliphatic rings. The van der Waals surface area contributed by atoms with E-state index < -0.39 is 97.1 Å². The highest BCUT2D eigenvalue weighted by Crippen LogP contribution is 2.14. The Labute approximate surface area is 186 Å². The zero-order chi connectivity index (χ0) is 31.2. The Morgan fingerprint density at radius 3 is 2.71 bits per heavy atom. The van der Waals surface area contributed by atoms with Crippen molar-refractivity contribution in [1.29, 1.82) is 0 Å². The highest BCUT2D eigenvalue weighted by atomic mass is 32.1. The van der Waals surface area contributed by atoms with Crippen LogP contribution in [0.5, 0.6) is 0 Å². The summed E-state index contributed by atoms with van der Waals surface area (Å²) in [6, 6.07) is -6.74. The van der Waals surface area contributed by atoms with Crippen LogP contribution in [-0.2, 0) is 17.6 Å². The molecule has 2 aromatic carbocycles. The summed E-state index contributed by atoms with van der Waals surface area (Å²) < 4.78 is 104. The number of nitrogens with two attached hydrogens (primary N) is 1. The number of nitrogen functional groups attached to an aromatic ring is 1. The second-order valence-corrected chi connectivity index (χ2v) is 6.16. The number of hydrogen-bond donors (Lipinski definition) is 4. The number of nitrogens with one attached hydrogen (secondary N) is 2. The molecule has 3 aromatic rings. The second-order valence-electron chi connectivity index (χ2n) is 5.33. The van der Waals surface area contributed by atoms with Crippen molar-refractivity contribution in [2.45, 2.75) is 18.9 Å². The number of aromatic nitrogens is 1. The lowest BCUT2D eigenvalue weighted by atomic mass is 10.1. The molecule has 0 radical (unpaired) electrons. The SMILES string of the molecule is [2H]c1sc(N)nc1CC(=O)Nc1c([2H])c([2H])c(CCNC([2H])([2H])[C@]([2H])(O)c2c([2H])c([2H])c([2H])c([2H])c2[2H])c([2H])c1[2H]. The molecule has 6 nitrogen and oxygen atoms in total. The van der Waals surface area contributed by atoms with Crippen molar-refractivity contribution in [2.75, 3.05) is 24.1 Å². The number of carbonyl (C=O) groups is 1. The first-order chi connectivity index (χ1) is 18.8. The number of carbonyl (C=O) groups excluding carboxylic acids is 1. The minimum Gasteiger partial charge on any atom is -0.387 e. The lowest BCUT2D eigenvalue weighted by molar-refractivity contribution is -0.115. The number of anilines is 2. The average Bonchev–Trinajstić information content (AvgIpc) is 3.20. The van der Waals surface area contributed by atoms with Gasteiger partial charge in [0.1, 0.15) is 0 Å². The normalized spacial score (nSPS) is 20.1. The van der Waals surface area contributed by atoms with Gasteiger partial charge in [-0.1, -0.05) is 42.3 Å². The van der Waals surface area contributed by atoms with Gasteiger partial charge in [-0.15, -0.1) is 11.3 Å². The summed E-state index contributed by atoms with van der Waals surface area (Å²) in [7, 11) is 0. The van der Waals surface area contributed by atoms with Crippen LogP contribution in [0.4, 0.5) is 10.8 Å². The van der Waals surface area contributed by atoms with Crippen LogP contribution in [0, 0.1) is 0 Å². The maximum Gasteiger partial charge on any atom is 0.230 e. The fraction of sp³-hybridized carbons (Fsp3) is 0.238. The lowest BCUT2D eigenvalue weighted by Crippen LogP contribution is -2.23. The van der Waals surface area contributed by atoms with E-state index >= 15 is 0 Å². The molecule has 0 aliphatic heterocycles. The molecule has 0 fully saturated rings. The number of rotatable bonds is 9. The monoisotopic (exact) mass is 409 g/mol. The van der Waals surface area contributed by atoms with Gasteiger partial charge in [0.25, 0.3) is 0 Å². The van der Waals surface area contributed by atoms with Gasteiger partial charge in [-0.2, -0.15) is 0 Å². The van der Waals surface area contributed by atoms with Crippen molar-refractivity contribution in [3.8, 4) is 0 Å². The molecule has 1 atom stereocenters. The van der Waals surface area contributed by atoms with Gasteiger partial charge in [0, 0.05) is 20.3 Å². The van der Waals surface area contributed by atoms with Gasteiger partial charge in [0.15, 0.2) is 5.13 Å². The van der Waals surface area contributed by atoms with Crippen molar-refractivity contribution < 1.29 is 27.7 Å². The highest BCUT2D eigenvalue weighted by Gasteiger charge is 2.08. The van der Waals surface area contributed by atoms with Crippen LogP contribution in [0.2, 0.25) is 0 Å². The molecule has 0 saturated heterocycles. The largest absolute Gasteiger partial charge is 0.387 e. The van der Waals surface area contributed by atoms with E-state index in [2.05, 4.69) is 15.6 Å². The minimum atomic E-state index is -3.37. The molecular weight excluding hydrogens is 372 g/mol. The standard InChI is InChI=1S/C21H24N4O2S/c22-21-25-18(14-28-21)12-20(27)24-17-8-6-15(7-9-17)10-11-23-13-19(26)16-4-2-1-3-5-16/h1-9,14,19,23,26H,10-13H2,(H2,22,25)(H,24,27)/t19-/m0/s1/i1D,2D,3D,4D,5D,6D,7D,8D,9D,13D2,14D,19D. The van der Waals surface area contributed by atoms with Crippen molar-refractivity contribution >= 4 is 28.1 Å². The number of aliphatic hydroxyl groups is 1. The first-order valence-electron chi connectivity index (χ1n) is 14.5. The van der Waals surface area contributed by atoms with E-state index in [0.29, 0.717) is 0 Å². The molecule has 7 heteroatoms. The van der Waals surface area contributed by atoms with Gasteiger partial charge >= 0.3 is 0 Å². The van der Waals surface area contributed by atoms with Gasteiger partial charge in [0.05, 0.1) is 33.3 Å². The van der Waals surface area contributed by atoms with Crippen LogP contribution in [0.3, 0.4) is 0 Å². The molecule has 1 aromatic heterocycles. The van der Waals surface area contributed by atoms with Gasteiger partial charge in [0.2, 0.25) is 5.91 Å². The van der Waals surface area contributed by atoms with Gasteiger partial charge in [-0.25, -0.2) is 4.98 Å². The maximum absolute atomic E-state index is 12.4. The first kappa shape index (κ1) is 9.17. The number of nitrogens with zero attached hydrogens (tertiary/aromatic N) is 1. The minimum absolute atomic E-state index is 0.0361. The lowest BCUT2D eigenvalue weighted by Gasteiger charge is -2.12. The smallest absolute Gasteiger partial charge is 0.230 e. The molecule has 0 bridgehead atoms. The molecule has 28 heavy (non-hydrogen) atoms. The third-order valence-electron chi connectivity index (χ3n) is 3.23. The van der Waals surface area contributed by atoms with Gasteiger partial charge < -0.3 is 21.5 Å². The molecule has 3 rings (SSSR count). The second kappa shape index (κ2) is 9.98. The van der Waals surface area contributed by atoms with E-state index in [-0.39, 0.29) is 28.2 Å². The quantitative estimate of drug-likeness (QED) is 0.435. The number of amides is 1. The predicted octanol–water partition coefficient (Wildman–Crippen LogP) is 2.77. The summed E-state index contributed by atoms with van der Waals surface area (Å²) in [5.41, 5.74) is 3.99. The fourth-order valence-corrected chi connectivity index (χ4v) is 2.49. The van der Waals surface area contributed by atoms with Crippen LogP contribution in [0.15, 0.2) is 59.7 Å². The number of hydrogen-bond acceptors (Lipinski definition) is 6. The summed E-state index contributed by atoms with van der Waals surface area (Å²) in [5.74, 6) is -0.755. The predicted molar refractivity (Wildman–Crippen MR) is 113 cm³/mol. The molecule has 146 valence electrons. The Bertz CT molecular complexity index is 1470. The molecule has 0 unspecified atom stereocenters. The summed E-state index contributed by atoms with van der Waals surface area (Å²) in [5, 5.41) is 15.3. The van der Waals surface area contributed by atoms with E-state index in [4.69, 9.17) is 23.6 Å². The molecule has 0 aliphatic carbocycles. The van der Waals surface area contributed by atoms with Crippen LogP contribution in [0.25, 0.3) is 0 Å². The van der Waals surface area contributed by atoms with E-state index in [0.717, 1.165) is 11.3 Å². The summed E-state index contributed by atoms with van der Waals surface area (Å²) in [4.78, 5) is 16.3. The topological polar surface area (TPSA) is 100 Å². The zero-order valence-electron chi connectivity index (χ0n) is 27.4. The third-order valence-corrected chi connectivity index (χ3v) is 3.87. The van der Waals surface area contributed by atoms with E-state index in [1.807, 2.05) is 0 Å². The summed E-state index contributed by atoms with van der Waals surface area (Å²) >= 11 is 0.859. The van der Waals surface area contributed by atoms with E-state index in [1.165, 1.54) is 0 Å². The van der Waals surface area contributed by atoms with Crippen molar-refractivity contribution in [2.24, 2.45) is 0 Å². The van der Waals surface area contributed by atoms with Crippen LogP contribution < -0.4 is 16.4 Å². The third kappa shape index (κ3) is 6.16. The Kier molecular flexibility index (Phi) is 3.27. The Morgan fingerprint density at radius 2 is 2.04 bits per heavy atom. The van der Waals surface area contributed by atoms with Crippen LogP contribution >= 0.6 is 11.3 Å². The first-order valence-corrected chi connectivity index (χ1v) is 8.80. The molecule has 0 saturated carbocycles. The molecule has 5 N–H and O–H groups in total. The van der Waals surface area contributed by atoms with Crippen molar-refractivity contribution in [3.05, 3.63) is 76.6 Å². The molecule has 1 amide bonds. The zero-order valence-corrected chi connectivity index (χ0v) is 15.2. The van der Waals surface area contributed by atoms with E-state index in [1.54, 1.807) is 0 Å². The van der Waals surface area contributed by atoms with Crippen molar-refractivity contribution in [3.63, 3.8) is 0 Å². The maximum atomic E-state index is 12.4. The number of benzene rings is 2. The average molecular weight is 410 g/mol. The fourth-order valence-electron chi connectivity index (χ4n) is 1.99. The Hall–Kier alpha value is -2.74. The van der Waals surface area contributed by atoms with Crippen LogP contribution in [-0.4, -0.2) is 29.0 Å². The Morgan fingerprint density at radius 1 is 1.29 bits per heavy atom. The van der Waals surface area contributed by atoms with Crippen LogP contribution in [0.1, 0.15) is 40.7 Å². The Balaban J connectivity index is 1.81. The van der Waals surface area contributed by atoms with Gasteiger partial charge in [-0.05, 0) is 36.2 Å². The highest BCUT2D eigenvalue weighted by molar-refractivity contribution is 7.13. The molecule has 0 spiro atoms. The number of thiazole rings is 1.